The molecule has 0 aromatic heterocycles. The summed E-state index contributed by atoms with van der Waals surface area (Å²) < 4.78 is 25.9. The highest BCUT2D eigenvalue weighted by Gasteiger charge is 2.07. The predicted molar refractivity (Wildman–Crippen MR) is 121 cm³/mol. The van der Waals surface area contributed by atoms with Gasteiger partial charge in [-0.2, -0.15) is 0 Å². The molecule has 7 heteroatoms. The van der Waals surface area contributed by atoms with E-state index in [0.29, 0.717) is 26.4 Å². The summed E-state index contributed by atoms with van der Waals surface area (Å²) in [7, 11) is 0. The largest absolute Gasteiger partial charge is 0.462 e. The van der Waals surface area contributed by atoms with Gasteiger partial charge in [0.1, 0.15) is 26.4 Å². The van der Waals surface area contributed by atoms with Crippen LogP contribution in [0.15, 0.2) is 0 Å². The van der Waals surface area contributed by atoms with E-state index in [2.05, 4.69) is 13.8 Å². The third kappa shape index (κ3) is 25.0. The molecule has 0 aliphatic rings. The summed E-state index contributed by atoms with van der Waals surface area (Å²) in [4.78, 5) is 23.1. The summed E-state index contributed by atoms with van der Waals surface area (Å²) in [5.41, 5.74) is 0. The molecule has 0 aliphatic carbocycles. The van der Waals surface area contributed by atoms with Crippen LogP contribution in [0.3, 0.4) is 0 Å². The molecule has 0 fully saturated rings. The minimum atomic E-state index is -0.516. The molecule has 7 nitrogen and oxygen atoms in total. The van der Waals surface area contributed by atoms with Crippen LogP contribution in [0.2, 0.25) is 0 Å². The molecule has 0 rings (SSSR count). The van der Waals surface area contributed by atoms with Crippen molar-refractivity contribution in [2.75, 3.05) is 52.9 Å². The van der Waals surface area contributed by atoms with E-state index in [4.69, 9.17) is 23.7 Å². The van der Waals surface area contributed by atoms with Crippen molar-refractivity contribution in [1.82, 2.24) is 0 Å². The second kappa shape index (κ2) is 25.1. The lowest BCUT2D eigenvalue weighted by molar-refractivity contribution is -0.157. The molecule has 0 spiro atoms. The van der Waals surface area contributed by atoms with Gasteiger partial charge in [-0.1, -0.05) is 78.1 Å². The van der Waals surface area contributed by atoms with Gasteiger partial charge in [-0.3, -0.25) is 0 Å². The van der Waals surface area contributed by atoms with Gasteiger partial charge in [0.25, 0.3) is 0 Å². The third-order valence-electron chi connectivity index (χ3n) is 4.71. The molecule has 0 N–H and O–H groups in total. The summed E-state index contributed by atoms with van der Waals surface area (Å²) in [6, 6.07) is 0. The average molecular weight is 447 g/mol. The lowest BCUT2D eigenvalue weighted by Crippen LogP contribution is -2.21. The van der Waals surface area contributed by atoms with E-state index in [-0.39, 0.29) is 26.4 Å². The highest BCUT2D eigenvalue weighted by atomic mass is 16.6. The first-order valence-corrected chi connectivity index (χ1v) is 12.2. The zero-order chi connectivity index (χ0) is 22.8. The first kappa shape index (κ1) is 29.8. The molecule has 0 heterocycles. The van der Waals surface area contributed by atoms with Gasteiger partial charge < -0.3 is 23.7 Å². The Morgan fingerprint density at radius 1 is 0.452 bits per heavy atom. The molecule has 0 aromatic carbocycles. The number of carbonyl (C=O) groups excluding carboxylic acids is 2. The first-order chi connectivity index (χ1) is 15.2. The summed E-state index contributed by atoms with van der Waals surface area (Å²) in [5, 5.41) is 0. The number of rotatable bonds is 24. The zero-order valence-electron chi connectivity index (χ0n) is 20.0. The number of ether oxygens (including phenoxy) is 5. The molecular weight excluding hydrogens is 400 g/mol. The van der Waals surface area contributed by atoms with Crippen molar-refractivity contribution < 1.29 is 33.3 Å². The van der Waals surface area contributed by atoms with Crippen LogP contribution in [0.5, 0.6) is 0 Å². The second-order valence-corrected chi connectivity index (χ2v) is 7.69. The van der Waals surface area contributed by atoms with Crippen LogP contribution in [0.1, 0.15) is 90.9 Å². The fourth-order valence-corrected chi connectivity index (χ4v) is 2.90. The van der Waals surface area contributed by atoms with E-state index >= 15 is 0 Å². The lowest BCUT2D eigenvalue weighted by Gasteiger charge is -2.08. The Morgan fingerprint density at radius 3 is 1.26 bits per heavy atom. The van der Waals surface area contributed by atoms with E-state index in [1.807, 2.05) is 0 Å². The topological polar surface area (TPSA) is 80.3 Å². The Hall–Kier alpha value is -1.18. The number of hydrogen-bond acceptors (Lipinski definition) is 7. The zero-order valence-corrected chi connectivity index (χ0v) is 20.0. The first-order valence-electron chi connectivity index (χ1n) is 12.2. The van der Waals surface area contributed by atoms with Crippen molar-refractivity contribution in [2.45, 2.75) is 90.9 Å². The van der Waals surface area contributed by atoms with Crippen molar-refractivity contribution in [1.29, 1.82) is 0 Å². The molecular formula is C24H46O7. The average Bonchev–Trinajstić information content (AvgIpc) is 2.76. The Kier molecular flexibility index (Phi) is 24.1. The van der Waals surface area contributed by atoms with Gasteiger partial charge in [-0.15, -0.1) is 0 Å². The number of unbranched alkanes of at least 4 members (excludes halogenated alkanes) is 10. The molecule has 0 aliphatic heterocycles. The third-order valence-corrected chi connectivity index (χ3v) is 4.71. The Balaban J connectivity index is 3.30. The summed E-state index contributed by atoms with van der Waals surface area (Å²) in [6.07, 6.45) is 14.6. The minimum Gasteiger partial charge on any atom is -0.462 e. The standard InChI is InChI=1S/C24H46O7/c1-3-5-7-9-11-13-15-27-17-19-30-23(25)21-29-22-24(26)31-20-18-28-16-14-12-10-8-6-4-2/h3-22H2,1-2H3. The van der Waals surface area contributed by atoms with Gasteiger partial charge in [0.2, 0.25) is 0 Å². The van der Waals surface area contributed by atoms with Crippen LogP contribution >= 0.6 is 0 Å². The van der Waals surface area contributed by atoms with E-state index < -0.39 is 11.9 Å². The maximum atomic E-state index is 11.5. The van der Waals surface area contributed by atoms with Crippen molar-refractivity contribution in [3.8, 4) is 0 Å². The molecule has 0 amide bonds. The maximum Gasteiger partial charge on any atom is 0.332 e. The lowest BCUT2D eigenvalue weighted by atomic mass is 10.1. The van der Waals surface area contributed by atoms with Crippen LogP contribution < -0.4 is 0 Å². The molecule has 0 saturated carbocycles. The number of esters is 2. The van der Waals surface area contributed by atoms with Crippen LogP contribution in [0.4, 0.5) is 0 Å². The monoisotopic (exact) mass is 446 g/mol. The Labute approximate surface area is 189 Å². The summed E-state index contributed by atoms with van der Waals surface area (Å²) in [5.74, 6) is -1.03. The van der Waals surface area contributed by atoms with Gasteiger partial charge in [0, 0.05) is 13.2 Å². The highest BCUT2D eigenvalue weighted by molar-refractivity contribution is 5.73. The van der Waals surface area contributed by atoms with Crippen LogP contribution in [0, 0.1) is 0 Å². The van der Waals surface area contributed by atoms with Crippen molar-refractivity contribution in [3.63, 3.8) is 0 Å². The Bertz CT molecular complexity index is 365. The summed E-state index contributed by atoms with van der Waals surface area (Å²) >= 11 is 0. The molecule has 0 saturated heterocycles. The fraction of sp³-hybridized carbons (Fsp3) is 0.917. The van der Waals surface area contributed by atoms with E-state index in [1.165, 1.54) is 64.2 Å². The molecule has 0 atom stereocenters. The van der Waals surface area contributed by atoms with Crippen molar-refractivity contribution in [2.24, 2.45) is 0 Å². The van der Waals surface area contributed by atoms with Crippen LogP contribution in [-0.2, 0) is 33.3 Å². The molecule has 31 heavy (non-hydrogen) atoms. The van der Waals surface area contributed by atoms with Gasteiger partial charge in [-0.05, 0) is 12.8 Å². The fourth-order valence-electron chi connectivity index (χ4n) is 2.90. The minimum absolute atomic E-state index is 0.193. The van der Waals surface area contributed by atoms with E-state index in [0.717, 1.165) is 12.8 Å². The molecule has 0 bridgehead atoms. The predicted octanol–water partition coefficient (Wildman–Crippen LogP) is 4.84. The number of hydrogen-bond donors (Lipinski definition) is 0. The van der Waals surface area contributed by atoms with Gasteiger partial charge in [0.05, 0.1) is 13.2 Å². The van der Waals surface area contributed by atoms with Gasteiger partial charge >= 0.3 is 11.9 Å². The quantitative estimate of drug-likeness (QED) is 0.155. The maximum absolute atomic E-state index is 11.5. The molecule has 0 unspecified atom stereocenters. The van der Waals surface area contributed by atoms with Crippen LogP contribution in [-0.4, -0.2) is 64.8 Å². The summed E-state index contributed by atoms with van der Waals surface area (Å²) in [6.45, 7) is 6.37. The molecule has 0 radical (unpaired) electrons. The normalized spacial score (nSPS) is 10.9. The van der Waals surface area contributed by atoms with Crippen molar-refractivity contribution >= 4 is 11.9 Å². The van der Waals surface area contributed by atoms with Crippen molar-refractivity contribution in [3.05, 3.63) is 0 Å². The van der Waals surface area contributed by atoms with Gasteiger partial charge in [-0.25, -0.2) is 9.59 Å². The van der Waals surface area contributed by atoms with E-state index in [9.17, 15) is 9.59 Å². The van der Waals surface area contributed by atoms with Crippen LogP contribution in [0.25, 0.3) is 0 Å². The van der Waals surface area contributed by atoms with E-state index in [1.54, 1.807) is 0 Å². The smallest absolute Gasteiger partial charge is 0.332 e. The highest BCUT2D eigenvalue weighted by Crippen LogP contribution is 2.05. The molecule has 0 aromatic rings. The SMILES string of the molecule is CCCCCCCCOCCOC(=O)COCC(=O)OCCOCCCCCCCC. The number of carbonyl (C=O) groups is 2. The second-order valence-electron chi connectivity index (χ2n) is 7.69. The molecule has 184 valence electrons. The van der Waals surface area contributed by atoms with Gasteiger partial charge in [0.15, 0.2) is 0 Å². The Morgan fingerprint density at radius 2 is 0.839 bits per heavy atom.